The maximum absolute atomic E-state index is 11.9. The Bertz CT molecular complexity index is 431. The second-order valence-electron chi connectivity index (χ2n) is 4.82. The lowest BCUT2D eigenvalue weighted by Crippen LogP contribution is -2.59. The third-order valence-corrected chi connectivity index (χ3v) is 4.66. The quantitative estimate of drug-likeness (QED) is 0.894. The molecular formula is C12H17BrN2O2S. The molecule has 2 heterocycles. The van der Waals surface area contributed by atoms with Gasteiger partial charge in [0.25, 0.3) is 0 Å². The van der Waals surface area contributed by atoms with E-state index in [-0.39, 0.29) is 18.1 Å². The first-order valence-electron chi connectivity index (χ1n) is 5.80. The summed E-state index contributed by atoms with van der Waals surface area (Å²) < 4.78 is 6.69. The van der Waals surface area contributed by atoms with Crippen molar-refractivity contribution in [3.05, 3.63) is 20.8 Å². The van der Waals surface area contributed by atoms with E-state index >= 15 is 0 Å². The molecule has 2 rings (SSSR count). The molecule has 4 nitrogen and oxygen atoms in total. The second kappa shape index (κ2) is 5.69. The van der Waals surface area contributed by atoms with Crippen molar-refractivity contribution >= 4 is 33.2 Å². The van der Waals surface area contributed by atoms with E-state index in [1.807, 2.05) is 18.4 Å². The average molecular weight is 333 g/mol. The van der Waals surface area contributed by atoms with Gasteiger partial charge in [0.2, 0.25) is 5.91 Å². The molecule has 1 aliphatic heterocycles. The Kier molecular flexibility index (Phi) is 4.42. The zero-order chi connectivity index (χ0) is 13.2. The fourth-order valence-corrected chi connectivity index (χ4v) is 3.19. The Morgan fingerprint density at radius 2 is 2.39 bits per heavy atom. The summed E-state index contributed by atoms with van der Waals surface area (Å²) in [5, 5.41) is 5.16. The number of hydrogen-bond acceptors (Lipinski definition) is 4. The minimum absolute atomic E-state index is 0.0210. The molecule has 6 heteroatoms. The summed E-state index contributed by atoms with van der Waals surface area (Å²) in [6.07, 6.45) is 0. The number of thiophene rings is 1. The van der Waals surface area contributed by atoms with Crippen LogP contribution in [-0.2, 0) is 16.1 Å². The summed E-state index contributed by atoms with van der Waals surface area (Å²) >= 11 is 5.05. The Hall–Kier alpha value is -0.430. The number of rotatable bonds is 5. The minimum atomic E-state index is -0.164. The van der Waals surface area contributed by atoms with E-state index in [1.165, 1.54) is 0 Å². The average Bonchev–Trinajstić information content (AvgIpc) is 2.69. The summed E-state index contributed by atoms with van der Waals surface area (Å²) in [7, 11) is 1.81. The molecule has 1 aromatic rings. The van der Waals surface area contributed by atoms with Crippen molar-refractivity contribution in [3.8, 4) is 0 Å². The van der Waals surface area contributed by atoms with Gasteiger partial charge in [0.15, 0.2) is 0 Å². The molecule has 100 valence electrons. The van der Waals surface area contributed by atoms with E-state index in [0.717, 1.165) is 22.4 Å². The van der Waals surface area contributed by atoms with Crippen LogP contribution in [0.2, 0.25) is 0 Å². The van der Waals surface area contributed by atoms with E-state index in [0.29, 0.717) is 6.54 Å². The van der Waals surface area contributed by atoms with Crippen molar-refractivity contribution in [2.45, 2.75) is 19.1 Å². The van der Waals surface area contributed by atoms with Gasteiger partial charge < -0.3 is 15.0 Å². The highest BCUT2D eigenvalue weighted by atomic mass is 79.9. The number of nitrogens with one attached hydrogen (secondary N) is 1. The zero-order valence-corrected chi connectivity index (χ0v) is 12.9. The van der Waals surface area contributed by atoms with Crippen molar-refractivity contribution in [1.29, 1.82) is 0 Å². The first-order chi connectivity index (χ1) is 8.48. The minimum Gasteiger partial charge on any atom is -0.363 e. The largest absolute Gasteiger partial charge is 0.363 e. The van der Waals surface area contributed by atoms with Gasteiger partial charge in [-0.3, -0.25) is 4.79 Å². The monoisotopic (exact) mass is 332 g/mol. The summed E-state index contributed by atoms with van der Waals surface area (Å²) in [5.74, 6) is 0.0210. The van der Waals surface area contributed by atoms with Gasteiger partial charge >= 0.3 is 0 Å². The molecule has 0 spiro atoms. The SMILES string of the molecule is CN(Cc1cc(Br)cs1)C(=O)COC1(C)CNC1. The highest BCUT2D eigenvalue weighted by Crippen LogP contribution is 2.21. The van der Waals surface area contributed by atoms with Crippen LogP contribution in [0.3, 0.4) is 0 Å². The van der Waals surface area contributed by atoms with Crippen LogP contribution in [-0.4, -0.2) is 43.2 Å². The Balaban J connectivity index is 1.77. The first kappa shape index (κ1) is 14.0. The van der Waals surface area contributed by atoms with E-state index < -0.39 is 0 Å². The maximum atomic E-state index is 11.9. The predicted octanol–water partition coefficient (Wildman–Crippen LogP) is 1.85. The number of carbonyl (C=O) groups is 1. The summed E-state index contributed by atoms with van der Waals surface area (Å²) in [6.45, 7) is 4.45. The lowest BCUT2D eigenvalue weighted by atomic mass is 10.0. The van der Waals surface area contributed by atoms with Gasteiger partial charge in [-0.25, -0.2) is 0 Å². The fourth-order valence-electron chi connectivity index (χ4n) is 1.68. The van der Waals surface area contributed by atoms with Gasteiger partial charge in [0, 0.05) is 34.9 Å². The fraction of sp³-hybridized carbons (Fsp3) is 0.583. The molecule has 0 bridgehead atoms. The number of ether oxygens (including phenoxy) is 1. The molecule has 1 N–H and O–H groups in total. The molecule has 0 unspecified atom stereocenters. The van der Waals surface area contributed by atoms with Gasteiger partial charge in [-0.2, -0.15) is 0 Å². The lowest BCUT2D eigenvalue weighted by molar-refractivity contribution is -0.145. The Morgan fingerprint density at radius 1 is 1.67 bits per heavy atom. The first-order valence-corrected chi connectivity index (χ1v) is 7.47. The summed E-state index contributed by atoms with van der Waals surface area (Å²) in [6, 6.07) is 2.03. The standard InChI is InChI=1S/C12H17BrN2O2S/c1-12(7-14-8-12)17-5-11(16)15(2)4-10-3-9(13)6-18-10/h3,6,14H,4-5,7-8H2,1-2H3. The smallest absolute Gasteiger partial charge is 0.248 e. The van der Waals surface area contributed by atoms with Crippen LogP contribution in [0.5, 0.6) is 0 Å². The molecule has 1 fully saturated rings. The Labute approximate surface area is 119 Å². The van der Waals surface area contributed by atoms with Crippen LogP contribution < -0.4 is 5.32 Å². The third kappa shape index (κ3) is 3.54. The van der Waals surface area contributed by atoms with Crippen LogP contribution in [0.1, 0.15) is 11.8 Å². The van der Waals surface area contributed by atoms with E-state index in [2.05, 4.69) is 21.2 Å². The molecule has 1 aliphatic rings. The molecule has 0 aliphatic carbocycles. The van der Waals surface area contributed by atoms with Gasteiger partial charge in [-0.15, -0.1) is 11.3 Å². The van der Waals surface area contributed by atoms with Crippen molar-refractivity contribution in [1.82, 2.24) is 10.2 Å². The normalized spacial score (nSPS) is 17.3. The van der Waals surface area contributed by atoms with E-state index in [1.54, 1.807) is 23.3 Å². The third-order valence-electron chi connectivity index (χ3n) is 2.98. The number of carbonyl (C=O) groups excluding carboxylic acids is 1. The molecule has 0 radical (unpaired) electrons. The highest BCUT2D eigenvalue weighted by molar-refractivity contribution is 9.10. The van der Waals surface area contributed by atoms with Crippen LogP contribution >= 0.6 is 27.3 Å². The van der Waals surface area contributed by atoms with Crippen LogP contribution in [0.15, 0.2) is 15.9 Å². The van der Waals surface area contributed by atoms with Gasteiger partial charge in [0.1, 0.15) is 6.61 Å². The highest BCUT2D eigenvalue weighted by Gasteiger charge is 2.33. The van der Waals surface area contributed by atoms with Gasteiger partial charge in [0.05, 0.1) is 12.1 Å². The summed E-state index contributed by atoms with van der Waals surface area (Å²) in [4.78, 5) is 14.8. The maximum Gasteiger partial charge on any atom is 0.248 e. The summed E-state index contributed by atoms with van der Waals surface area (Å²) in [5.41, 5.74) is -0.164. The van der Waals surface area contributed by atoms with Crippen LogP contribution in [0.4, 0.5) is 0 Å². The Morgan fingerprint density at radius 3 is 2.89 bits per heavy atom. The number of hydrogen-bond donors (Lipinski definition) is 1. The molecule has 1 saturated heterocycles. The molecular weight excluding hydrogens is 316 g/mol. The number of nitrogens with zero attached hydrogens (tertiary/aromatic N) is 1. The van der Waals surface area contributed by atoms with Gasteiger partial charge in [-0.1, -0.05) is 0 Å². The van der Waals surface area contributed by atoms with Crippen molar-refractivity contribution in [2.75, 3.05) is 26.7 Å². The molecule has 0 aromatic carbocycles. The van der Waals surface area contributed by atoms with Gasteiger partial charge in [-0.05, 0) is 28.9 Å². The molecule has 0 atom stereocenters. The topological polar surface area (TPSA) is 41.6 Å². The molecule has 1 aromatic heterocycles. The molecule has 1 amide bonds. The van der Waals surface area contributed by atoms with E-state index in [9.17, 15) is 4.79 Å². The second-order valence-corrected chi connectivity index (χ2v) is 6.73. The zero-order valence-electron chi connectivity index (χ0n) is 10.5. The molecule has 18 heavy (non-hydrogen) atoms. The number of amides is 1. The lowest BCUT2D eigenvalue weighted by Gasteiger charge is -2.39. The van der Waals surface area contributed by atoms with Crippen molar-refractivity contribution in [3.63, 3.8) is 0 Å². The number of halogens is 1. The number of likely N-dealkylation sites (N-methyl/N-ethyl adjacent to an activating group) is 1. The van der Waals surface area contributed by atoms with Crippen LogP contribution in [0.25, 0.3) is 0 Å². The van der Waals surface area contributed by atoms with Crippen molar-refractivity contribution in [2.24, 2.45) is 0 Å². The molecule has 0 saturated carbocycles. The predicted molar refractivity (Wildman–Crippen MR) is 75.7 cm³/mol. The van der Waals surface area contributed by atoms with E-state index in [4.69, 9.17) is 4.74 Å². The van der Waals surface area contributed by atoms with Crippen LogP contribution in [0, 0.1) is 0 Å². The van der Waals surface area contributed by atoms with Crippen molar-refractivity contribution < 1.29 is 9.53 Å².